The number of carbonyl (C=O) groups excluding carboxylic acids is 2. The van der Waals surface area contributed by atoms with Crippen LogP contribution in [0.3, 0.4) is 0 Å². The molecule has 144 valence electrons. The fourth-order valence-corrected chi connectivity index (χ4v) is 2.91. The molecule has 0 aliphatic rings. The van der Waals surface area contributed by atoms with Gasteiger partial charge in [0, 0.05) is 12.1 Å². The van der Waals surface area contributed by atoms with Crippen molar-refractivity contribution in [2.24, 2.45) is 0 Å². The van der Waals surface area contributed by atoms with Crippen molar-refractivity contribution in [2.45, 2.75) is 6.54 Å². The number of carbonyl (C=O) groups is 2. The van der Waals surface area contributed by atoms with Crippen molar-refractivity contribution in [3.8, 4) is 0 Å². The first-order chi connectivity index (χ1) is 14.1. The Kier molecular flexibility index (Phi) is 4.94. The van der Waals surface area contributed by atoms with Crippen LogP contribution in [0.15, 0.2) is 72.8 Å². The molecule has 0 radical (unpaired) electrons. The predicted molar refractivity (Wildman–Crippen MR) is 113 cm³/mol. The van der Waals surface area contributed by atoms with Gasteiger partial charge >= 0.3 is 0 Å². The summed E-state index contributed by atoms with van der Waals surface area (Å²) in [5.74, 6) is -0.272. The van der Waals surface area contributed by atoms with Crippen LogP contribution < -0.4 is 16.4 Å². The van der Waals surface area contributed by atoms with Crippen molar-refractivity contribution in [3.05, 3.63) is 89.7 Å². The van der Waals surface area contributed by atoms with E-state index in [2.05, 4.69) is 20.6 Å². The summed E-state index contributed by atoms with van der Waals surface area (Å²) in [6.07, 6.45) is 0. The number of anilines is 2. The largest absolute Gasteiger partial charge is 0.397 e. The SMILES string of the molecule is Nc1ccccc1NC(=O)c1ccc(CNC(=O)c2nc3ccccc3[nH]2)cc1. The number of benzene rings is 3. The molecule has 0 fully saturated rings. The van der Waals surface area contributed by atoms with Crippen LogP contribution in [-0.2, 0) is 6.54 Å². The molecule has 0 atom stereocenters. The summed E-state index contributed by atoms with van der Waals surface area (Å²) in [5, 5.41) is 5.61. The Bertz CT molecular complexity index is 1150. The lowest BCUT2D eigenvalue weighted by atomic mass is 10.1. The molecule has 4 rings (SSSR count). The number of aromatic amines is 1. The highest BCUT2D eigenvalue weighted by Crippen LogP contribution is 2.18. The Morgan fingerprint density at radius 2 is 1.62 bits per heavy atom. The lowest BCUT2D eigenvalue weighted by molar-refractivity contribution is 0.0941. The summed E-state index contributed by atoms with van der Waals surface area (Å²) in [7, 11) is 0. The Balaban J connectivity index is 1.37. The number of aromatic nitrogens is 2. The first-order valence-corrected chi connectivity index (χ1v) is 9.08. The summed E-state index contributed by atoms with van der Waals surface area (Å²) in [6, 6.07) is 21.5. The number of H-pyrrole nitrogens is 1. The van der Waals surface area contributed by atoms with Crippen molar-refractivity contribution < 1.29 is 9.59 Å². The van der Waals surface area contributed by atoms with Gasteiger partial charge in [-0.3, -0.25) is 9.59 Å². The van der Waals surface area contributed by atoms with Gasteiger partial charge in [-0.15, -0.1) is 0 Å². The maximum absolute atomic E-state index is 12.4. The maximum atomic E-state index is 12.4. The molecule has 5 N–H and O–H groups in total. The second-order valence-electron chi connectivity index (χ2n) is 6.52. The molecule has 4 aromatic rings. The first kappa shape index (κ1) is 18.2. The van der Waals surface area contributed by atoms with Crippen LogP contribution in [-0.4, -0.2) is 21.8 Å². The van der Waals surface area contributed by atoms with Crippen LogP contribution in [0.4, 0.5) is 11.4 Å². The zero-order chi connectivity index (χ0) is 20.2. The fraction of sp³-hybridized carbons (Fsp3) is 0.0455. The number of hydrogen-bond acceptors (Lipinski definition) is 4. The van der Waals surface area contributed by atoms with Gasteiger partial charge in [-0.25, -0.2) is 4.98 Å². The lowest BCUT2D eigenvalue weighted by Crippen LogP contribution is -2.24. The normalized spacial score (nSPS) is 10.6. The minimum absolute atomic E-state index is 0.249. The van der Waals surface area contributed by atoms with Crippen LogP contribution in [0.1, 0.15) is 26.5 Å². The molecule has 0 spiro atoms. The van der Waals surface area contributed by atoms with Gasteiger partial charge in [-0.1, -0.05) is 36.4 Å². The van der Waals surface area contributed by atoms with E-state index in [-0.39, 0.29) is 17.6 Å². The monoisotopic (exact) mass is 385 g/mol. The summed E-state index contributed by atoms with van der Waals surface area (Å²) in [4.78, 5) is 32.0. The molecule has 2 amide bonds. The van der Waals surface area contributed by atoms with E-state index in [1.165, 1.54) is 0 Å². The molecular weight excluding hydrogens is 366 g/mol. The van der Waals surface area contributed by atoms with Gasteiger partial charge in [0.25, 0.3) is 11.8 Å². The molecule has 1 heterocycles. The van der Waals surface area contributed by atoms with Crippen molar-refractivity contribution in [2.75, 3.05) is 11.1 Å². The van der Waals surface area contributed by atoms with Crippen molar-refractivity contribution >= 4 is 34.2 Å². The Hall–Kier alpha value is -4.13. The van der Waals surface area contributed by atoms with E-state index in [1.807, 2.05) is 24.3 Å². The van der Waals surface area contributed by atoms with Crippen LogP contribution in [0, 0.1) is 0 Å². The average molecular weight is 385 g/mol. The van der Waals surface area contributed by atoms with Gasteiger partial charge in [0.05, 0.1) is 22.4 Å². The molecule has 0 bridgehead atoms. The molecule has 3 aromatic carbocycles. The van der Waals surface area contributed by atoms with E-state index in [0.29, 0.717) is 23.5 Å². The molecular formula is C22H19N5O2. The van der Waals surface area contributed by atoms with Crippen LogP contribution in [0.25, 0.3) is 11.0 Å². The zero-order valence-corrected chi connectivity index (χ0v) is 15.5. The Morgan fingerprint density at radius 1 is 0.897 bits per heavy atom. The highest BCUT2D eigenvalue weighted by molar-refractivity contribution is 6.05. The smallest absolute Gasteiger partial charge is 0.287 e. The van der Waals surface area contributed by atoms with Gasteiger partial charge in [0.2, 0.25) is 0 Å². The quantitative estimate of drug-likeness (QED) is 0.395. The topological polar surface area (TPSA) is 113 Å². The van der Waals surface area contributed by atoms with Crippen LogP contribution >= 0.6 is 0 Å². The van der Waals surface area contributed by atoms with Gasteiger partial charge < -0.3 is 21.4 Å². The number of para-hydroxylation sites is 4. The third-order valence-electron chi connectivity index (χ3n) is 4.48. The molecule has 0 unspecified atom stereocenters. The number of nitrogens with zero attached hydrogens (tertiary/aromatic N) is 1. The number of amides is 2. The van der Waals surface area contributed by atoms with E-state index in [4.69, 9.17) is 5.73 Å². The molecule has 0 aliphatic heterocycles. The number of fused-ring (bicyclic) bond motifs is 1. The Morgan fingerprint density at radius 3 is 2.38 bits per heavy atom. The molecule has 29 heavy (non-hydrogen) atoms. The zero-order valence-electron chi connectivity index (χ0n) is 15.5. The van der Waals surface area contributed by atoms with E-state index >= 15 is 0 Å². The third kappa shape index (κ3) is 4.08. The van der Waals surface area contributed by atoms with Crippen LogP contribution in [0.5, 0.6) is 0 Å². The molecule has 0 saturated heterocycles. The second-order valence-corrected chi connectivity index (χ2v) is 6.52. The molecule has 0 saturated carbocycles. The van der Waals surface area contributed by atoms with Crippen LogP contribution in [0.2, 0.25) is 0 Å². The fourth-order valence-electron chi connectivity index (χ4n) is 2.91. The summed E-state index contributed by atoms with van der Waals surface area (Å²) >= 11 is 0. The van der Waals surface area contributed by atoms with Gasteiger partial charge in [0.1, 0.15) is 0 Å². The predicted octanol–water partition coefficient (Wildman–Crippen LogP) is 3.33. The number of rotatable bonds is 5. The number of nitrogens with two attached hydrogens (primary N) is 1. The Labute approximate surface area is 167 Å². The van der Waals surface area contributed by atoms with Gasteiger partial charge in [-0.05, 0) is 42.0 Å². The molecule has 7 nitrogen and oxygen atoms in total. The van der Waals surface area contributed by atoms with Gasteiger partial charge in [0.15, 0.2) is 5.82 Å². The second kappa shape index (κ2) is 7.85. The first-order valence-electron chi connectivity index (χ1n) is 9.08. The lowest BCUT2D eigenvalue weighted by Gasteiger charge is -2.09. The average Bonchev–Trinajstić information content (AvgIpc) is 3.18. The van der Waals surface area contributed by atoms with Crippen molar-refractivity contribution in [1.82, 2.24) is 15.3 Å². The third-order valence-corrected chi connectivity index (χ3v) is 4.48. The van der Waals surface area contributed by atoms with E-state index in [1.54, 1.807) is 48.5 Å². The summed E-state index contributed by atoms with van der Waals surface area (Å²) in [5.41, 5.74) is 9.84. The molecule has 7 heteroatoms. The number of nitrogen functional groups attached to an aromatic ring is 1. The van der Waals surface area contributed by atoms with E-state index in [0.717, 1.165) is 16.6 Å². The number of imidazole rings is 1. The van der Waals surface area contributed by atoms with E-state index in [9.17, 15) is 9.59 Å². The highest BCUT2D eigenvalue weighted by atomic mass is 16.2. The number of hydrogen-bond donors (Lipinski definition) is 4. The minimum atomic E-state index is -0.289. The van der Waals surface area contributed by atoms with E-state index < -0.39 is 0 Å². The highest BCUT2D eigenvalue weighted by Gasteiger charge is 2.11. The standard InChI is InChI=1S/C22H19N5O2/c23-16-5-1-2-6-17(16)27-21(28)15-11-9-14(10-12-15)13-24-22(29)20-25-18-7-3-4-8-19(18)26-20/h1-12H,13,23H2,(H,24,29)(H,25,26)(H,27,28). The molecule has 1 aromatic heterocycles. The molecule has 0 aliphatic carbocycles. The van der Waals surface area contributed by atoms with Gasteiger partial charge in [-0.2, -0.15) is 0 Å². The summed E-state index contributed by atoms with van der Waals surface area (Å²) < 4.78 is 0. The van der Waals surface area contributed by atoms with Crippen molar-refractivity contribution in [1.29, 1.82) is 0 Å². The maximum Gasteiger partial charge on any atom is 0.287 e. The number of nitrogens with one attached hydrogen (secondary N) is 3. The summed E-state index contributed by atoms with van der Waals surface area (Å²) in [6.45, 7) is 0.323. The minimum Gasteiger partial charge on any atom is -0.397 e. The van der Waals surface area contributed by atoms with Crippen molar-refractivity contribution in [3.63, 3.8) is 0 Å².